The predicted octanol–water partition coefficient (Wildman–Crippen LogP) is 2.30. The summed E-state index contributed by atoms with van der Waals surface area (Å²) in [5, 5.41) is 5.16. The first-order valence-electron chi connectivity index (χ1n) is 7.86. The highest BCUT2D eigenvalue weighted by atomic mass is 16.5. The molecule has 2 rings (SSSR count). The third-order valence-electron chi connectivity index (χ3n) is 3.51. The summed E-state index contributed by atoms with van der Waals surface area (Å²) in [7, 11) is 0. The SMILES string of the molecule is Cc1ccccc1NC(=O)C(C)OC(=O)CNC(=O)c1ccccc1. The number of hydrogen-bond donors (Lipinski definition) is 2. The van der Waals surface area contributed by atoms with E-state index in [9.17, 15) is 14.4 Å². The lowest BCUT2D eigenvalue weighted by molar-refractivity contribution is -0.152. The molecule has 0 radical (unpaired) electrons. The van der Waals surface area contributed by atoms with Crippen LogP contribution in [0.1, 0.15) is 22.8 Å². The number of aryl methyl sites for hydroxylation is 1. The maximum Gasteiger partial charge on any atom is 0.326 e. The molecule has 0 heterocycles. The molecule has 2 aromatic rings. The van der Waals surface area contributed by atoms with Crippen molar-refractivity contribution in [3.8, 4) is 0 Å². The highest BCUT2D eigenvalue weighted by Crippen LogP contribution is 2.13. The molecule has 2 amide bonds. The number of carbonyl (C=O) groups excluding carboxylic acids is 3. The molecular formula is C19H20N2O4. The lowest BCUT2D eigenvalue weighted by Crippen LogP contribution is -2.35. The fourth-order valence-electron chi connectivity index (χ4n) is 2.08. The van der Waals surface area contributed by atoms with Gasteiger partial charge in [0.25, 0.3) is 11.8 Å². The van der Waals surface area contributed by atoms with Gasteiger partial charge in [-0.05, 0) is 37.6 Å². The largest absolute Gasteiger partial charge is 0.451 e. The van der Waals surface area contributed by atoms with Crippen LogP contribution in [0, 0.1) is 6.92 Å². The lowest BCUT2D eigenvalue weighted by Gasteiger charge is -2.15. The fraction of sp³-hybridized carbons (Fsp3) is 0.211. The summed E-state index contributed by atoms with van der Waals surface area (Å²) in [4.78, 5) is 35.7. The molecule has 0 saturated heterocycles. The van der Waals surface area contributed by atoms with E-state index in [4.69, 9.17) is 4.74 Å². The number of amides is 2. The molecule has 0 aliphatic carbocycles. The average molecular weight is 340 g/mol. The van der Waals surface area contributed by atoms with Crippen molar-refractivity contribution in [2.75, 3.05) is 11.9 Å². The van der Waals surface area contributed by atoms with Crippen molar-refractivity contribution in [2.24, 2.45) is 0 Å². The molecule has 1 atom stereocenters. The second-order valence-electron chi connectivity index (χ2n) is 5.48. The Hall–Kier alpha value is -3.15. The number of rotatable bonds is 6. The molecule has 0 bridgehead atoms. The molecule has 0 aliphatic heterocycles. The summed E-state index contributed by atoms with van der Waals surface area (Å²) < 4.78 is 5.04. The minimum Gasteiger partial charge on any atom is -0.451 e. The zero-order valence-electron chi connectivity index (χ0n) is 14.1. The van der Waals surface area contributed by atoms with Gasteiger partial charge in [0, 0.05) is 11.3 Å². The predicted molar refractivity (Wildman–Crippen MR) is 94.1 cm³/mol. The Morgan fingerprint density at radius 3 is 2.32 bits per heavy atom. The molecule has 0 aromatic heterocycles. The standard InChI is InChI=1S/C19H20N2O4/c1-13-8-6-7-11-16(13)21-18(23)14(2)25-17(22)12-20-19(24)15-9-4-3-5-10-15/h3-11,14H,12H2,1-2H3,(H,20,24)(H,21,23). The zero-order chi connectivity index (χ0) is 18.2. The second kappa shape index (κ2) is 8.63. The number of hydrogen-bond acceptors (Lipinski definition) is 4. The van der Waals surface area contributed by atoms with E-state index >= 15 is 0 Å². The third kappa shape index (κ3) is 5.46. The van der Waals surface area contributed by atoms with Gasteiger partial charge in [0.1, 0.15) is 6.54 Å². The number of carbonyl (C=O) groups is 3. The van der Waals surface area contributed by atoms with Crippen molar-refractivity contribution < 1.29 is 19.1 Å². The molecule has 6 heteroatoms. The van der Waals surface area contributed by atoms with Gasteiger partial charge in [-0.15, -0.1) is 0 Å². The summed E-state index contributed by atoms with van der Waals surface area (Å²) in [5.41, 5.74) is 2.01. The molecule has 2 N–H and O–H groups in total. The van der Waals surface area contributed by atoms with Gasteiger partial charge in [-0.1, -0.05) is 36.4 Å². The summed E-state index contributed by atoms with van der Waals surface area (Å²) >= 11 is 0. The first kappa shape index (κ1) is 18.2. The molecule has 130 valence electrons. The molecule has 0 spiro atoms. The van der Waals surface area contributed by atoms with Gasteiger partial charge in [-0.2, -0.15) is 0 Å². The second-order valence-corrected chi connectivity index (χ2v) is 5.48. The van der Waals surface area contributed by atoms with Crippen LogP contribution in [0.5, 0.6) is 0 Å². The highest BCUT2D eigenvalue weighted by Gasteiger charge is 2.19. The van der Waals surface area contributed by atoms with Crippen LogP contribution in [0.4, 0.5) is 5.69 Å². The van der Waals surface area contributed by atoms with Crippen molar-refractivity contribution in [1.82, 2.24) is 5.32 Å². The zero-order valence-corrected chi connectivity index (χ0v) is 14.1. The highest BCUT2D eigenvalue weighted by molar-refractivity contribution is 5.97. The quantitative estimate of drug-likeness (QED) is 0.790. The van der Waals surface area contributed by atoms with Gasteiger partial charge in [0.2, 0.25) is 0 Å². The fourth-order valence-corrected chi connectivity index (χ4v) is 2.08. The Morgan fingerprint density at radius 1 is 1.00 bits per heavy atom. The van der Waals surface area contributed by atoms with Crippen molar-refractivity contribution >= 4 is 23.5 Å². The Balaban J connectivity index is 1.80. The van der Waals surface area contributed by atoms with Gasteiger partial charge in [0.15, 0.2) is 6.10 Å². The van der Waals surface area contributed by atoms with E-state index in [2.05, 4.69) is 10.6 Å². The van der Waals surface area contributed by atoms with Crippen LogP contribution in [0.3, 0.4) is 0 Å². The number of anilines is 1. The molecule has 2 aromatic carbocycles. The van der Waals surface area contributed by atoms with Gasteiger partial charge in [-0.3, -0.25) is 14.4 Å². The van der Waals surface area contributed by atoms with Crippen LogP contribution in [-0.2, 0) is 14.3 Å². The van der Waals surface area contributed by atoms with Crippen LogP contribution >= 0.6 is 0 Å². The first-order chi connectivity index (χ1) is 12.0. The Morgan fingerprint density at radius 2 is 1.64 bits per heavy atom. The topological polar surface area (TPSA) is 84.5 Å². The van der Waals surface area contributed by atoms with Gasteiger partial charge >= 0.3 is 5.97 Å². The third-order valence-corrected chi connectivity index (χ3v) is 3.51. The van der Waals surface area contributed by atoms with Gasteiger partial charge in [0.05, 0.1) is 0 Å². The Kier molecular flexibility index (Phi) is 6.28. The number of esters is 1. The van der Waals surface area contributed by atoms with Crippen molar-refractivity contribution in [2.45, 2.75) is 20.0 Å². The summed E-state index contributed by atoms with van der Waals surface area (Å²) in [5.74, 6) is -1.50. The summed E-state index contributed by atoms with van der Waals surface area (Å²) in [6, 6.07) is 15.8. The smallest absolute Gasteiger partial charge is 0.326 e. The number of nitrogens with one attached hydrogen (secondary N) is 2. The van der Waals surface area contributed by atoms with Crippen LogP contribution in [0.2, 0.25) is 0 Å². The van der Waals surface area contributed by atoms with Crippen LogP contribution in [0.25, 0.3) is 0 Å². The molecular weight excluding hydrogens is 320 g/mol. The van der Waals surface area contributed by atoms with Gasteiger partial charge in [-0.25, -0.2) is 0 Å². The van der Waals surface area contributed by atoms with E-state index in [0.717, 1.165) is 5.56 Å². The average Bonchev–Trinajstić information content (AvgIpc) is 2.62. The molecule has 0 aliphatic rings. The van der Waals surface area contributed by atoms with Crippen LogP contribution < -0.4 is 10.6 Å². The number of ether oxygens (including phenoxy) is 1. The Labute approximate surface area is 146 Å². The van der Waals surface area contributed by atoms with Crippen molar-refractivity contribution in [3.05, 3.63) is 65.7 Å². The minimum atomic E-state index is -0.972. The van der Waals surface area contributed by atoms with E-state index in [1.165, 1.54) is 6.92 Å². The number of para-hydroxylation sites is 1. The van der Waals surface area contributed by atoms with E-state index < -0.39 is 18.0 Å². The Bertz CT molecular complexity index is 759. The van der Waals surface area contributed by atoms with E-state index in [-0.39, 0.29) is 12.5 Å². The normalized spacial score (nSPS) is 11.3. The molecule has 6 nitrogen and oxygen atoms in total. The molecule has 25 heavy (non-hydrogen) atoms. The minimum absolute atomic E-state index is 0.310. The molecule has 1 unspecified atom stereocenters. The van der Waals surface area contributed by atoms with Crippen LogP contribution in [-0.4, -0.2) is 30.4 Å². The first-order valence-corrected chi connectivity index (χ1v) is 7.86. The molecule has 0 fully saturated rings. The lowest BCUT2D eigenvalue weighted by atomic mass is 10.2. The van der Waals surface area contributed by atoms with E-state index in [1.54, 1.807) is 42.5 Å². The van der Waals surface area contributed by atoms with Crippen LogP contribution in [0.15, 0.2) is 54.6 Å². The van der Waals surface area contributed by atoms with Crippen molar-refractivity contribution in [3.63, 3.8) is 0 Å². The summed E-state index contributed by atoms with van der Waals surface area (Å²) in [6.07, 6.45) is -0.972. The monoisotopic (exact) mass is 340 g/mol. The van der Waals surface area contributed by atoms with Gasteiger partial charge < -0.3 is 15.4 Å². The maximum atomic E-state index is 12.1. The molecule has 0 saturated carbocycles. The van der Waals surface area contributed by atoms with E-state index in [1.807, 2.05) is 19.1 Å². The maximum absolute atomic E-state index is 12.1. The summed E-state index contributed by atoms with van der Waals surface area (Å²) in [6.45, 7) is 3.03. The van der Waals surface area contributed by atoms with Crippen molar-refractivity contribution in [1.29, 1.82) is 0 Å². The number of benzene rings is 2. The van der Waals surface area contributed by atoms with E-state index in [0.29, 0.717) is 11.3 Å².